The number of H-pyrrole nitrogens is 2. The maximum Gasteiger partial charge on any atom is 0.0694 e. The number of nitrogens with one attached hydrogen (secondary N) is 2. The molecule has 0 saturated heterocycles. The van der Waals surface area contributed by atoms with Crippen LogP contribution in [0.25, 0.3) is 46.4 Å². The van der Waals surface area contributed by atoms with Gasteiger partial charge < -0.3 is 9.97 Å². The molecule has 0 aliphatic carbocycles. The molecule has 0 fully saturated rings. The number of benzene rings is 1. The molecule has 2 aliphatic heterocycles. The van der Waals surface area contributed by atoms with Crippen LogP contribution in [-0.2, 0) is 6.42 Å². The quantitative estimate of drug-likeness (QED) is 0.361. The predicted molar refractivity (Wildman–Crippen MR) is 128 cm³/mol. The van der Waals surface area contributed by atoms with Crippen molar-refractivity contribution in [3.05, 3.63) is 107 Å². The Balaban J connectivity index is 1.64. The first kappa shape index (κ1) is 17.7. The van der Waals surface area contributed by atoms with Gasteiger partial charge in [0.15, 0.2) is 0 Å². The lowest BCUT2D eigenvalue weighted by Crippen LogP contribution is -1.96. The summed E-state index contributed by atoms with van der Waals surface area (Å²) in [5.41, 5.74) is 10.3. The fraction of sp³-hybridized carbons (Fsp3) is 0.0370. The van der Waals surface area contributed by atoms with E-state index in [0.29, 0.717) is 0 Å². The van der Waals surface area contributed by atoms with Crippen molar-refractivity contribution in [3.63, 3.8) is 0 Å². The molecule has 8 bridgehead atoms. The van der Waals surface area contributed by atoms with Crippen molar-refractivity contribution in [2.24, 2.45) is 0 Å². The van der Waals surface area contributed by atoms with Crippen LogP contribution >= 0.6 is 0 Å². The molecule has 4 nitrogen and oxygen atoms in total. The lowest BCUT2D eigenvalue weighted by molar-refractivity contribution is 1.11. The van der Waals surface area contributed by atoms with Crippen LogP contribution in [0.3, 0.4) is 0 Å². The second kappa shape index (κ2) is 7.26. The van der Waals surface area contributed by atoms with Crippen LogP contribution in [0.15, 0.2) is 72.8 Å². The van der Waals surface area contributed by atoms with Crippen molar-refractivity contribution in [2.75, 3.05) is 0 Å². The zero-order valence-corrected chi connectivity index (χ0v) is 16.8. The second-order valence-electron chi connectivity index (χ2n) is 7.82. The number of hydrogen-bond donors (Lipinski definition) is 2. The Kier molecular flexibility index (Phi) is 4.13. The average molecular weight is 400 g/mol. The van der Waals surface area contributed by atoms with E-state index >= 15 is 0 Å². The zero-order chi connectivity index (χ0) is 20.6. The molecule has 0 atom stereocenters. The molecule has 0 spiro atoms. The lowest BCUT2D eigenvalue weighted by atomic mass is 10.0. The minimum absolute atomic E-state index is 0.780. The summed E-state index contributed by atoms with van der Waals surface area (Å²) >= 11 is 0. The Morgan fingerprint density at radius 1 is 0.548 bits per heavy atom. The van der Waals surface area contributed by atoms with E-state index in [1.807, 2.05) is 6.07 Å². The van der Waals surface area contributed by atoms with Gasteiger partial charge in [-0.1, -0.05) is 30.3 Å². The Bertz CT molecular complexity index is 1410. The topological polar surface area (TPSA) is 57.4 Å². The Hall–Kier alpha value is -4.18. The molecule has 4 heteroatoms. The number of aromatic amines is 2. The van der Waals surface area contributed by atoms with E-state index in [9.17, 15) is 0 Å². The van der Waals surface area contributed by atoms with Crippen LogP contribution in [-0.4, -0.2) is 19.9 Å². The second-order valence-corrected chi connectivity index (χ2v) is 7.82. The first-order chi connectivity index (χ1) is 15.3. The Morgan fingerprint density at radius 3 is 1.61 bits per heavy atom. The molecule has 3 aromatic heterocycles. The molecular formula is C27H20N4. The maximum atomic E-state index is 4.92. The Morgan fingerprint density at radius 2 is 1.06 bits per heavy atom. The molecule has 5 heterocycles. The summed E-state index contributed by atoms with van der Waals surface area (Å²) in [6.45, 7) is 0. The summed E-state index contributed by atoms with van der Waals surface area (Å²) in [6.07, 6.45) is 9.09. The van der Waals surface area contributed by atoms with Crippen LogP contribution in [0.5, 0.6) is 0 Å². The summed E-state index contributed by atoms with van der Waals surface area (Å²) < 4.78 is 0. The van der Waals surface area contributed by atoms with Gasteiger partial charge in [-0.3, -0.25) is 0 Å². The predicted octanol–water partition coefficient (Wildman–Crippen LogP) is 6.25. The van der Waals surface area contributed by atoms with Crippen molar-refractivity contribution in [1.29, 1.82) is 0 Å². The molecule has 2 N–H and O–H groups in total. The third-order valence-electron chi connectivity index (χ3n) is 5.55. The van der Waals surface area contributed by atoms with E-state index in [0.717, 1.165) is 56.8 Å². The van der Waals surface area contributed by atoms with Gasteiger partial charge >= 0.3 is 0 Å². The molecule has 6 rings (SSSR count). The van der Waals surface area contributed by atoms with E-state index in [-0.39, 0.29) is 0 Å². The molecule has 0 saturated carbocycles. The smallest absolute Gasteiger partial charge is 0.0694 e. The molecule has 4 aromatic rings. The van der Waals surface area contributed by atoms with Crippen molar-refractivity contribution < 1.29 is 0 Å². The van der Waals surface area contributed by atoms with Crippen LogP contribution in [0.4, 0.5) is 0 Å². The van der Waals surface area contributed by atoms with Gasteiger partial charge in [0.2, 0.25) is 0 Å². The molecular weight excluding hydrogens is 380 g/mol. The number of rotatable bonds is 2. The number of aromatic nitrogens is 4. The van der Waals surface area contributed by atoms with Gasteiger partial charge in [-0.25, -0.2) is 9.97 Å². The molecule has 0 amide bonds. The first-order valence-corrected chi connectivity index (χ1v) is 10.4. The van der Waals surface area contributed by atoms with Crippen LogP contribution < -0.4 is 0 Å². The summed E-state index contributed by atoms with van der Waals surface area (Å²) in [4.78, 5) is 16.7. The minimum Gasteiger partial charge on any atom is -0.355 e. The van der Waals surface area contributed by atoms with Crippen LogP contribution in [0, 0.1) is 0 Å². The first-order valence-electron chi connectivity index (χ1n) is 10.4. The van der Waals surface area contributed by atoms with Crippen molar-refractivity contribution in [2.45, 2.75) is 6.42 Å². The van der Waals surface area contributed by atoms with Crippen LogP contribution in [0.2, 0.25) is 0 Å². The average Bonchev–Trinajstić information content (AvgIpc) is 3.57. The SMILES string of the molecule is C1=Cc2nc1cc1ccc(cc3ccc(cc4nc(c2Cc2ccccc2)C=C4)[nH]3)[nH]1. The monoisotopic (exact) mass is 400 g/mol. The van der Waals surface area contributed by atoms with Gasteiger partial charge in [0.05, 0.1) is 22.8 Å². The summed E-state index contributed by atoms with van der Waals surface area (Å²) in [6, 6.07) is 25.0. The molecule has 0 radical (unpaired) electrons. The standard InChI is InChI=1S/C27H20N4/c1-2-4-18(5-3-1)14-25-26-12-10-23(30-26)16-21-8-6-19(28-21)15-20-7-9-22(29-20)17-24-11-13-27(25)31-24/h1-13,15-17,28-29H,14H2. The maximum absolute atomic E-state index is 4.92. The number of hydrogen-bond acceptors (Lipinski definition) is 2. The fourth-order valence-electron chi connectivity index (χ4n) is 4.05. The van der Waals surface area contributed by atoms with Gasteiger partial charge in [-0.05, 0) is 72.3 Å². The highest BCUT2D eigenvalue weighted by atomic mass is 14.8. The molecule has 0 unspecified atom stereocenters. The Labute approximate surface area is 179 Å². The van der Waals surface area contributed by atoms with E-state index in [1.54, 1.807) is 0 Å². The van der Waals surface area contributed by atoms with Gasteiger partial charge in [0, 0.05) is 34.1 Å². The fourth-order valence-corrected chi connectivity index (χ4v) is 4.05. The van der Waals surface area contributed by atoms with Gasteiger partial charge in [-0.2, -0.15) is 0 Å². The van der Waals surface area contributed by atoms with Gasteiger partial charge in [-0.15, -0.1) is 0 Å². The third kappa shape index (κ3) is 3.60. The van der Waals surface area contributed by atoms with Crippen molar-refractivity contribution in [3.8, 4) is 0 Å². The highest BCUT2D eigenvalue weighted by molar-refractivity contribution is 5.79. The van der Waals surface area contributed by atoms with Crippen LogP contribution in [0.1, 0.15) is 33.9 Å². The zero-order valence-electron chi connectivity index (χ0n) is 16.8. The highest BCUT2D eigenvalue weighted by Crippen LogP contribution is 2.24. The third-order valence-corrected chi connectivity index (χ3v) is 5.55. The summed E-state index contributed by atoms with van der Waals surface area (Å²) in [5.74, 6) is 0. The van der Waals surface area contributed by atoms with E-state index in [4.69, 9.17) is 9.97 Å². The van der Waals surface area contributed by atoms with Crippen molar-refractivity contribution >= 4 is 46.4 Å². The minimum atomic E-state index is 0.780. The van der Waals surface area contributed by atoms with Crippen molar-refractivity contribution in [1.82, 2.24) is 19.9 Å². The van der Waals surface area contributed by atoms with E-state index in [1.165, 1.54) is 5.56 Å². The summed E-state index contributed by atoms with van der Waals surface area (Å²) in [7, 11) is 0. The van der Waals surface area contributed by atoms with Gasteiger partial charge in [0.25, 0.3) is 0 Å². The largest absolute Gasteiger partial charge is 0.355 e. The normalized spacial score (nSPS) is 12.4. The number of nitrogens with zero attached hydrogens (tertiary/aromatic N) is 2. The number of fused-ring (bicyclic) bond motifs is 8. The highest BCUT2D eigenvalue weighted by Gasteiger charge is 2.12. The van der Waals surface area contributed by atoms with E-state index in [2.05, 4.69) is 101 Å². The molecule has 1 aromatic carbocycles. The molecule has 31 heavy (non-hydrogen) atoms. The lowest BCUT2D eigenvalue weighted by Gasteiger charge is -2.04. The van der Waals surface area contributed by atoms with E-state index < -0.39 is 0 Å². The summed E-state index contributed by atoms with van der Waals surface area (Å²) in [5, 5.41) is 0. The molecule has 2 aliphatic rings. The molecule has 148 valence electrons. The van der Waals surface area contributed by atoms with Gasteiger partial charge in [0.1, 0.15) is 0 Å².